The molecule has 0 N–H and O–H groups in total. The third kappa shape index (κ3) is 2.82. The predicted molar refractivity (Wildman–Crippen MR) is 89.0 cm³/mol. The van der Waals surface area contributed by atoms with Crippen molar-refractivity contribution in [2.24, 2.45) is 5.41 Å². The van der Waals surface area contributed by atoms with Crippen molar-refractivity contribution in [3.8, 4) is 5.69 Å². The van der Waals surface area contributed by atoms with Crippen LogP contribution in [0, 0.1) is 5.41 Å². The molecule has 1 aromatic carbocycles. The maximum Gasteiger partial charge on any atom is 0.256 e. The van der Waals surface area contributed by atoms with E-state index in [-0.39, 0.29) is 11.3 Å². The monoisotopic (exact) mass is 326 g/mol. The third-order valence-electron chi connectivity index (χ3n) is 5.33. The Hall–Kier alpha value is -2.21. The van der Waals surface area contributed by atoms with Gasteiger partial charge in [-0.3, -0.25) is 9.36 Å². The average molecular weight is 326 g/mol. The van der Waals surface area contributed by atoms with Crippen molar-refractivity contribution in [3.05, 3.63) is 42.5 Å². The number of benzene rings is 1. The molecular weight excluding hydrogens is 304 g/mol. The maximum atomic E-state index is 13.2. The fourth-order valence-corrected chi connectivity index (χ4v) is 3.97. The number of nitrogens with zero attached hydrogens (tertiary/aromatic N) is 4. The van der Waals surface area contributed by atoms with Gasteiger partial charge in [-0.1, -0.05) is 12.1 Å². The van der Waals surface area contributed by atoms with E-state index in [1.807, 2.05) is 29.2 Å². The second kappa shape index (κ2) is 6.36. The molecule has 0 bridgehead atoms. The standard InChI is InChI=1S/C18H22N4O2/c23-17(15-4-1-2-5-16(15)22-13-19-20-14-22)21-9-3-6-18(12-21)7-10-24-11-8-18/h1-2,4-5,13-14H,3,6-12H2. The Morgan fingerprint density at radius 3 is 2.62 bits per heavy atom. The minimum absolute atomic E-state index is 0.102. The molecule has 6 nitrogen and oxygen atoms in total. The molecule has 1 amide bonds. The SMILES string of the molecule is O=C(c1ccccc1-n1cnnc1)N1CCCC2(CCOCC2)C1. The molecule has 2 aliphatic rings. The minimum atomic E-state index is 0.102. The Balaban J connectivity index is 1.60. The number of amides is 1. The van der Waals surface area contributed by atoms with Gasteiger partial charge >= 0.3 is 0 Å². The van der Waals surface area contributed by atoms with E-state index in [9.17, 15) is 4.79 Å². The van der Waals surface area contributed by atoms with E-state index in [2.05, 4.69) is 10.2 Å². The van der Waals surface area contributed by atoms with Crippen LogP contribution in [0.2, 0.25) is 0 Å². The Morgan fingerprint density at radius 1 is 1.08 bits per heavy atom. The summed E-state index contributed by atoms with van der Waals surface area (Å²) >= 11 is 0. The first-order valence-electron chi connectivity index (χ1n) is 8.59. The van der Waals surface area contributed by atoms with Crippen LogP contribution in [0.1, 0.15) is 36.0 Å². The Labute approximate surface area is 141 Å². The minimum Gasteiger partial charge on any atom is -0.381 e. The first-order chi connectivity index (χ1) is 11.8. The van der Waals surface area contributed by atoms with E-state index in [0.29, 0.717) is 5.56 Å². The lowest BCUT2D eigenvalue weighted by molar-refractivity contribution is -0.0229. The Bertz CT molecular complexity index is 702. The Morgan fingerprint density at radius 2 is 1.83 bits per heavy atom. The number of aromatic nitrogens is 3. The first kappa shape index (κ1) is 15.3. The van der Waals surface area contributed by atoms with Crippen molar-refractivity contribution in [2.45, 2.75) is 25.7 Å². The zero-order chi connectivity index (χ0) is 16.4. The number of likely N-dealkylation sites (tertiary alicyclic amines) is 1. The number of hydrogen-bond acceptors (Lipinski definition) is 4. The number of piperidine rings is 1. The zero-order valence-corrected chi connectivity index (χ0v) is 13.7. The summed E-state index contributed by atoms with van der Waals surface area (Å²) in [7, 11) is 0. The molecule has 0 saturated carbocycles. The van der Waals surface area contributed by atoms with Crippen molar-refractivity contribution in [1.82, 2.24) is 19.7 Å². The Kier molecular flexibility index (Phi) is 4.06. The molecule has 0 atom stereocenters. The smallest absolute Gasteiger partial charge is 0.256 e. The molecule has 2 aromatic rings. The lowest BCUT2D eigenvalue weighted by atomic mass is 9.74. The molecule has 3 heterocycles. The van der Waals surface area contributed by atoms with E-state index in [4.69, 9.17) is 4.74 Å². The van der Waals surface area contributed by atoms with Crippen LogP contribution < -0.4 is 0 Å². The quantitative estimate of drug-likeness (QED) is 0.849. The molecule has 6 heteroatoms. The van der Waals surface area contributed by atoms with Crippen LogP contribution in [0.25, 0.3) is 5.69 Å². The molecular formula is C18H22N4O2. The topological polar surface area (TPSA) is 60.2 Å². The number of carbonyl (C=O) groups excluding carboxylic acids is 1. The van der Waals surface area contributed by atoms with Gasteiger partial charge in [-0.2, -0.15) is 0 Å². The third-order valence-corrected chi connectivity index (χ3v) is 5.33. The normalized spacial score (nSPS) is 20.2. The summed E-state index contributed by atoms with van der Waals surface area (Å²) in [5, 5.41) is 7.71. The molecule has 2 fully saturated rings. The first-order valence-corrected chi connectivity index (χ1v) is 8.59. The molecule has 2 aliphatic heterocycles. The molecule has 0 unspecified atom stereocenters. The van der Waals surface area contributed by atoms with Gasteiger partial charge in [-0.25, -0.2) is 0 Å². The van der Waals surface area contributed by atoms with Crippen LogP contribution in [-0.2, 0) is 4.74 Å². The summed E-state index contributed by atoms with van der Waals surface area (Å²) < 4.78 is 7.32. The van der Waals surface area contributed by atoms with Gasteiger partial charge in [0.1, 0.15) is 12.7 Å². The maximum absolute atomic E-state index is 13.2. The molecule has 24 heavy (non-hydrogen) atoms. The van der Waals surface area contributed by atoms with Crippen molar-refractivity contribution in [1.29, 1.82) is 0 Å². The van der Waals surface area contributed by atoms with Gasteiger partial charge in [-0.15, -0.1) is 10.2 Å². The van der Waals surface area contributed by atoms with Gasteiger partial charge < -0.3 is 9.64 Å². The van der Waals surface area contributed by atoms with Crippen LogP contribution in [0.5, 0.6) is 0 Å². The van der Waals surface area contributed by atoms with Crippen LogP contribution in [0.3, 0.4) is 0 Å². The van der Waals surface area contributed by atoms with E-state index in [1.54, 1.807) is 17.2 Å². The fourth-order valence-electron chi connectivity index (χ4n) is 3.97. The van der Waals surface area contributed by atoms with E-state index in [1.165, 1.54) is 6.42 Å². The average Bonchev–Trinajstić information content (AvgIpc) is 3.16. The summed E-state index contributed by atoms with van der Waals surface area (Å²) in [5.41, 5.74) is 1.79. The van der Waals surface area contributed by atoms with Crippen LogP contribution >= 0.6 is 0 Å². The summed E-state index contributed by atoms with van der Waals surface area (Å²) in [6, 6.07) is 7.67. The number of para-hydroxylation sites is 1. The van der Waals surface area contributed by atoms with E-state index < -0.39 is 0 Å². The van der Waals surface area contributed by atoms with Crippen LogP contribution in [0.15, 0.2) is 36.9 Å². The van der Waals surface area contributed by atoms with Gasteiger partial charge in [-0.05, 0) is 43.2 Å². The second-order valence-corrected chi connectivity index (χ2v) is 6.83. The van der Waals surface area contributed by atoms with E-state index in [0.717, 1.165) is 51.3 Å². The summed E-state index contributed by atoms with van der Waals surface area (Å²) in [5.74, 6) is 0.102. The second-order valence-electron chi connectivity index (χ2n) is 6.83. The molecule has 0 radical (unpaired) electrons. The summed E-state index contributed by atoms with van der Waals surface area (Å²) in [6.07, 6.45) is 7.64. The van der Waals surface area contributed by atoms with E-state index >= 15 is 0 Å². The van der Waals surface area contributed by atoms with Gasteiger partial charge in [0, 0.05) is 26.3 Å². The number of rotatable bonds is 2. The van der Waals surface area contributed by atoms with Crippen LogP contribution in [0.4, 0.5) is 0 Å². The largest absolute Gasteiger partial charge is 0.381 e. The van der Waals surface area contributed by atoms with Crippen molar-refractivity contribution >= 4 is 5.91 Å². The van der Waals surface area contributed by atoms with Crippen molar-refractivity contribution in [3.63, 3.8) is 0 Å². The van der Waals surface area contributed by atoms with Gasteiger partial charge in [0.05, 0.1) is 11.3 Å². The van der Waals surface area contributed by atoms with Crippen molar-refractivity contribution < 1.29 is 9.53 Å². The molecule has 1 aromatic heterocycles. The molecule has 0 aliphatic carbocycles. The summed E-state index contributed by atoms with van der Waals surface area (Å²) in [4.78, 5) is 15.2. The van der Waals surface area contributed by atoms with Crippen molar-refractivity contribution in [2.75, 3.05) is 26.3 Å². The molecule has 1 spiro atoms. The molecule has 2 saturated heterocycles. The van der Waals surface area contributed by atoms with Gasteiger partial charge in [0.2, 0.25) is 0 Å². The number of hydrogen-bond donors (Lipinski definition) is 0. The van der Waals surface area contributed by atoms with Gasteiger partial charge in [0.25, 0.3) is 5.91 Å². The molecule has 126 valence electrons. The van der Waals surface area contributed by atoms with Crippen LogP contribution in [-0.4, -0.2) is 51.9 Å². The molecule has 4 rings (SSSR count). The fraction of sp³-hybridized carbons (Fsp3) is 0.500. The zero-order valence-electron chi connectivity index (χ0n) is 13.7. The highest BCUT2D eigenvalue weighted by Crippen LogP contribution is 2.39. The lowest BCUT2D eigenvalue weighted by Crippen LogP contribution is -2.48. The highest BCUT2D eigenvalue weighted by molar-refractivity contribution is 5.97. The predicted octanol–water partition coefficient (Wildman–Crippen LogP) is 2.30. The van der Waals surface area contributed by atoms with Gasteiger partial charge in [0.15, 0.2) is 0 Å². The summed E-state index contributed by atoms with van der Waals surface area (Å²) in [6.45, 7) is 3.31. The lowest BCUT2D eigenvalue weighted by Gasteiger charge is -2.45. The number of carbonyl (C=O) groups is 1. The highest BCUT2D eigenvalue weighted by atomic mass is 16.5. The number of ether oxygens (including phenoxy) is 1. The highest BCUT2D eigenvalue weighted by Gasteiger charge is 2.38.